The molecule has 2 aromatic heterocycles. The molecule has 3 N–H and O–H groups in total. The van der Waals surface area contributed by atoms with E-state index in [1.807, 2.05) is 6.92 Å². The lowest BCUT2D eigenvalue weighted by molar-refractivity contribution is 0.0944. The van der Waals surface area contributed by atoms with Crippen LogP contribution in [-0.2, 0) is 20.0 Å². The van der Waals surface area contributed by atoms with E-state index in [4.69, 9.17) is 5.73 Å². The molecule has 0 saturated carbocycles. The number of anilines is 1. The summed E-state index contributed by atoms with van der Waals surface area (Å²) in [6.07, 6.45) is 2.20. The largest absolute Gasteiger partial charge is 0.395 e. The Morgan fingerprint density at radius 1 is 1.45 bits per heavy atom. The first-order chi connectivity index (χ1) is 9.52. The van der Waals surface area contributed by atoms with Gasteiger partial charge in [0.2, 0.25) is 0 Å². The summed E-state index contributed by atoms with van der Waals surface area (Å²) in [5, 5.41) is 11.2. The third-order valence-electron chi connectivity index (χ3n) is 2.97. The molecule has 2 aromatic rings. The minimum Gasteiger partial charge on any atom is -0.395 e. The van der Waals surface area contributed by atoms with Crippen molar-refractivity contribution in [2.75, 3.05) is 12.3 Å². The number of amides is 1. The molecule has 8 nitrogen and oxygen atoms in total. The fourth-order valence-corrected chi connectivity index (χ4v) is 1.93. The first kappa shape index (κ1) is 14.0. The van der Waals surface area contributed by atoms with Gasteiger partial charge in [-0.3, -0.25) is 14.2 Å². The quantitative estimate of drug-likeness (QED) is 0.794. The molecular weight excluding hydrogens is 258 g/mol. The second-order valence-corrected chi connectivity index (χ2v) is 4.50. The summed E-state index contributed by atoms with van der Waals surface area (Å²) in [5.41, 5.74) is 7.41. The molecule has 0 fully saturated rings. The number of hydrogen-bond donors (Lipinski definition) is 2. The van der Waals surface area contributed by atoms with Crippen LogP contribution in [0.5, 0.6) is 0 Å². The highest BCUT2D eigenvalue weighted by molar-refractivity contribution is 5.97. The van der Waals surface area contributed by atoms with E-state index in [0.29, 0.717) is 42.4 Å². The van der Waals surface area contributed by atoms with Gasteiger partial charge >= 0.3 is 0 Å². The number of nitrogen functional groups attached to an aromatic ring is 1. The lowest BCUT2D eigenvalue weighted by Crippen LogP contribution is -2.29. The molecule has 0 spiro atoms. The lowest BCUT2D eigenvalue weighted by atomic mass is 10.3. The first-order valence-corrected chi connectivity index (χ1v) is 6.48. The van der Waals surface area contributed by atoms with Crippen molar-refractivity contribution in [1.82, 2.24) is 29.9 Å². The zero-order valence-corrected chi connectivity index (χ0v) is 11.9. The molecule has 8 heteroatoms. The minimum atomic E-state index is -0.221. The third-order valence-corrected chi connectivity index (χ3v) is 2.97. The van der Waals surface area contributed by atoms with E-state index >= 15 is 0 Å². The number of aromatic nitrogens is 5. The highest BCUT2D eigenvalue weighted by Gasteiger charge is 2.18. The number of nitrogens with one attached hydrogen (secondary N) is 1. The SMILES string of the molecule is CCn1nc(C)c(N)c1C(=O)NCCc1ncn(C)n1. The summed E-state index contributed by atoms with van der Waals surface area (Å²) in [7, 11) is 1.80. The summed E-state index contributed by atoms with van der Waals surface area (Å²) < 4.78 is 3.24. The molecule has 0 saturated heterocycles. The molecule has 0 atom stereocenters. The van der Waals surface area contributed by atoms with E-state index < -0.39 is 0 Å². The van der Waals surface area contributed by atoms with Crippen LogP contribution in [0.3, 0.4) is 0 Å². The Morgan fingerprint density at radius 3 is 2.80 bits per heavy atom. The maximum atomic E-state index is 12.2. The summed E-state index contributed by atoms with van der Waals surface area (Å²) in [5.74, 6) is 0.474. The molecule has 0 unspecified atom stereocenters. The summed E-state index contributed by atoms with van der Waals surface area (Å²) in [6, 6.07) is 0. The fraction of sp³-hybridized carbons (Fsp3) is 0.500. The normalized spacial score (nSPS) is 10.8. The van der Waals surface area contributed by atoms with Crippen LogP contribution >= 0.6 is 0 Å². The van der Waals surface area contributed by atoms with E-state index in [1.54, 1.807) is 29.7 Å². The van der Waals surface area contributed by atoms with E-state index in [0.717, 1.165) is 0 Å². The maximum Gasteiger partial charge on any atom is 0.271 e. The second-order valence-electron chi connectivity index (χ2n) is 4.50. The smallest absolute Gasteiger partial charge is 0.271 e. The van der Waals surface area contributed by atoms with Crippen LogP contribution < -0.4 is 11.1 Å². The van der Waals surface area contributed by atoms with Gasteiger partial charge in [-0.25, -0.2) is 4.98 Å². The van der Waals surface area contributed by atoms with Crippen LogP contribution in [0.4, 0.5) is 5.69 Å². The zero-order chi connectivity index (χ0) is 14.7. The number of nitrogens with zero attached hydrogens (tertiary/aromatic N) is 5. The lowest BCUT2D eigenvalue weighted by Gasteiger charge is -2.06. The number of rotatable bonds is 5. The molecule has 1 amide bonds. The Morgan fingerprint density at radius 2 is 2.20 bits per heavy atom. The number of carbonyl (C=O) groups is 1. The van der Waals surface area contributed by atoms with Gasteiger partial charge in [-0.15, -0.1) is 0 Å². The Labute approximate surface area is 117 Å². The van der Waals surface area contributed by atoms with E-state index in [1.165, 1.54) is 0 Å². The Balaban J connectivity index is 1.98. The number of nitrogens with two attached hydrogens (primary N) is 1. The standard InChI is InChI=1S/C12H19N7O/c1-4-19-11(10(13)8(2)16-19)12(20)14-6-5-9-15-7-18(3)17-9/h7H,4-6,13H2,1-3H3,(H,14,20). The average Bonchev–Trinajstić information content (AvgIpc) is 2.94. The van der Waals surface area contributed by atoms with Gasteiger partial charge in [0, 0.05) is 26.6 Å². The van der Waals surface area contributed by atoms with Gasteiger partial charge in [0.15, 0.2) is 5.82 Å². The number of aryl methyl sites for hydroxylation is 3. The van der Waals surface area contributed by atoms with E-state index in [-0.39, 0.29) is 5.91 Å². The van der Waals surface area contributed by atoms with Gasteiger partial charge in [0.25, 0.3) is 5.91 Å². The Bertz CT molecular complexity index is 613. The molecule has 2 rings (SSSR count). The average molecular weight is 277 g/mol. The van der Waals surface area contributed by atoms with Gasteiger partial charge in [0.1, 0.15) is 12.0 Å². The molecule has 0 aliphatic rings. The molecule has 0 bridgehead atoms. The van der Waals surface area contributed by atoms with Crippen molar-refractivity contribution in [2.24, 2.45) is 7.05 Å². The van der Waals surface area contributed by atoms with E-state index in [2.05, 4.69) is 20.5 Å². The summed E-state index contributed by atoms with van der Waals surface area (Å²) in [4.78, 5) is 16.3. The molecule has 0 aromatic carbocycles. The topological polar surface area (TPSA) is 104 Å². The maximum absolute atomic E-state index is 12.2. The zero-order valence-electron chi connectivity index (χ0n) is 11.9. The molecule has 2 heterocycles. The predicted octanol–water partition coefficient (Wildman–Crippen LogP) is -0.105. The van der Waals surface area contributed by atoms with Gasteiger partial charge in [-0.2, -0.15) is 10.2 Å². The molecule has 108 valence electrons. The number of hydrogen-bond acceptors (Lipinski definition) is 5. The molecule has 0 radical (unpaired) electrons. The van der Waals surface area contributed by atoms with Gasteiger partial charge in [-0.05, 0) is 13.8 Å². The van der Waals surface area contributed by atoms with Crippen molar-refractivity contribution < 1.29 is 4.79 Å². The van der Waals surface area contributed by atoms with Crippen molar-refractivity contribution in [3.05, 3.63) is 23.5 Å². The summed E-state index contributed by atoms with van der Waals surface area (Å²) in [6.45, 7) is 4.76. The molecule has 0 aliphatic heterocycles. The van der Waals surface area contributed by atoms with Crippen molar-refractivity contribution >= 4 is 11.6 Å². The fourth-order valence-electron chi connectivity index (χ4n) is 1.93. The third kappa shape index (κ3) is 2.79. The Kier molecular flexibility index (Phi) is 4.02. The molecular formula is C12H19N7O. The van der Waals surface area contributed by atoms with Crippen LogP contribution in [0, 0.1) is 6.92 Å². The van der Waals surface area contributed by atoms with Crippen molar-refractivity contribution in [3.63, 3.8) is 0 Å². The second kappa shape index (κ2) is 5.72. The Hall–Kier alpha value is -2.38. The first-order valence-electron chi connectivity index (χ1n) is 6.48. The van der Waals surface area contributed by atoms with Crippen LogP contribution in [-0.4, -0.2) is 37.0 Å². The van der Waals surface area contributed by atoms with Crippen LogP contribution in [0.15, 0.2) is 6.33 Å². The predicted molar refractivity (Wildman–Crippen MR) is 74.1 cm³/mol. The molecule has 0 aliphatic carbocycles. The minimum absolute atomic E-state index is 0.221. The highest BCUT2D eigenvalue weighted by Crippen LogP contribution is 2.15. The molecule has 20 heavy (non-hydrogen) atoms. The van der Waals surface area contributed by atoms with Crippen molar-refractivity contribution in [1.29, 1.82) is 0 Å². The van der Waals surface area contributed by atoms with Crippen molar-refractivity contribution in [3.8, 4) is 0 Å². The van der Waals surface area contributed by atoms with Gasteiger partial charge in [0.05, 0.1) is 11.4 Å². The van der Waals surface area contributed by atoms with Gasteiger partial charge < -0.3 is 11.1 Å². The monoisotopic (exact) mass is 277 g/mol. The van der Waals surface area contributed by atoms with Crippen LogP contribution in [0.1, 0.15) is 28.9 Å². The van der Waals surface area contributed by atoms with Crippen molar-refractivity contribution in [2.45, 2.75) is 26.8 Å². The highest BCUT2D eigenvalue weighted by atomic mass is 16.2. The summed E-state index contributed by atoms with van der Waals surface area (Å²) >= 11 is 0. The van der Waals surface area contributed by atoms with Crippen LogP contribution in [0.25, 0.3) is 0 Å². The van der Waals surface area contributed by atoms with E-state index in [9.17, 15) is 4.79 Å². The number of carbonyl (C=O) groups excluding carboxylic acids is 1. The van der Waals surface area contributed by atoms with Crippen LogP contribution in [0.2, 0.25) is 0 Å². The van der Waals surface area contributed by atoms with Gasteiger partial charge in [-0.1, -0.05) is 0 Å².